The van der Waals surface area contributed by atoms with Crippen LogP contribution in [0.3, 0.4) is 0 Å². The number of aliphatic carboxylic acids is 1. The van der Waals surface area contributed by atoms with Gasteiger partial charge in [0.1, 0.15) is 6.26 Å². The van der Waals surface area contributed by atoms with E-state index in [1.54, 1.807) is 13.3 Å². The van der Waals surface area contributed by atoms with Gasteiger partial charge in [-0.1, -0.05) is 13.3 Å². The number of carboxylic acids is 1. The molecule has 4 rings (SSSR count). The maximum Gasteiger partial charge on any atom is 0.308 e. The van der Waals surface area contributed by atoms with Gasteiger partial charge in [0.05, 0.1) is 53.5 Å². The summed E-state index contributed by atoms with van der Waals surface area (Å²) in [6, 6.07) is 3.31. The van der Waals surface area contributed by atoms with E-state index >= 15 is 0 Å². The number of nitrogens with zero attached hydrogens (tertiary/aromatic N) is 4. The van der Waals surface area contributed by atoms with Gasteiger partial charge in [-0.15, -0.1) is 0 Å². The van der Waals surface area contributed by atoms with Crippen LogP contribution in [0.2, 0.25) is 0 Å². The van der Waals surface area contributed by atoms with E-state index in [-0.39, 0.29) is 31.2 Å². The molecule has 0 spiro atoms. The Morgan fingerprint density at radius 1 is 1.17 bits per heavy atom. The number of oxazole rings is 1. The van der Waals surface area contributed by atoms with Gasteiger partial charge >= 0.3 is 5.97 Å². The summed E-state index contributed by atoms with van der Waals surface area (Å²) < 4.78 is 23.1. The Labute approximate surface area is 248 Å². The van der Waals surface area contributed by atoms with Crippen molar-refractivity contribution < 1.29 is 37.8 Å². The second-order valence-electron chi connectivity index (χ2n) is 12.3. The van der Waals surface area contributed by atoms with Crippen LogP contribution in [0.15, 0.2) is 29.0 Å². The van der Waals surface area contributed by atoms with E-state index in [4.69, 9.17) is 18.6 Å². The number of quaternary nitrogens is 1. The minimum Gasteiger partial charge on any atom is -0.493 e. The fraction of sp³-hybridized carbons (Fsp3) is 0.645. The molecule has 3 atom stereocenters. The summed E-state index contributed by atoms with van der Waals surface area (Å²) in [7, 11) is 8.09. The molecule has 1 saturated heterocycles. The number of hydrogen-bond acceptors (Lipinski definition) is 8. The number of ether oxygens (including phenoxy) is 3. The number of hydrogen-bond donors (Lipinski definition) is 1. The number of carbonyl (C=O) groups excluding carboxylic acids is 1. The van der Waals surface area contributed by atoms with Gasteiger partial charge in [-0.05, 0) is 43.4 Å². The predicted molar refractivity (Wildman–Crippen MR) is 157 cm³/mol. The first-order chi connectivity index (χ1) is 20.1. The van der Waals surface area contributed by atoms with Crippen LogP contribution in [-0.2, 0) is 16.0 Å². The number of benzene rings is 1. The van der Waals surface area contributed by atoms with Crippen molar-refractivity contribution in [3.05, 3.63) is 36.0 Å². The van der Waals surface area contributed by atoms with Crippen molar-refractivity contribution in [3.8, 4) is 17.2 Å². The first-order valence-electron chi connectivity index (χ1n) is 15.0. The summed E-state index contributed by atoms with van der Waals surface area (Å²) in [5.74, 6) is 0.160. The van der Waals surface area contributed by atoms with Crippen LogP contribution >= 0.6 is 0 Å². The van der Waals surface area contributed by atoms with E-state index in [1.165, 1.54) is 6.26 Å². The van der Waals surface area contributed by atoms with Crippen LogP contribution < -0.4 is 14.2 Å². The Kier molecular flexibility index (Phi) is 10.7. The van der Waals surface area contributed by atoms with Gasteiger partial charge in [-0.3, -0.25) is 14.5 Å². The number of unbranched alkanes of at least 4 members (excludes halogenated alkanes) is 2. The Morgan fingerprint density at radius 3 is 2.62 bits per heavy atom. The highest BCUT2D eigenvalue weighted by Gasteiger charge is 2.47. The largest absolute Gasteiger partial charge is 0.493 e. The molecule has 0 bridgehead atoms. The van der Waals surface area contributed by atoms with Gasteiger partial charge in [-0.25, -0.2) is 4.98 Å². The summed E-state index contributed by atoms with van der Waals surface area (Å²) in [4.78, 5) is 34.9. The average molecular weight is 588 g/mol. The van der Waals surface area contributed by atoms with Gasteiger partial charge in [0.15, 0.2) is 17.4 Å². The topological polar surface area (TPSA) is 115 Å². The van der Waals surface area contributed by atoms with E-state index in [0.29, 0.717) is 55.6 Å². The zero-order valence-electron chi connectivity index (χ0n) is 25.7. The van der Waals surface area contributed by atoms with Gasteiger partial charge < -0.3 is 33.1 Å². The summed E-state index contributed by atoms with van der Waals surface area (Å²) >= 11 is 0. The van der Waals surface area contributed by atoms with E-state index in [9.17, 15) is 14.7 Å². The first-order valence-corrected chi connectivity index (χ1v) is 15.0. The fourth-order valence-corrected chi connectivity index (χ4v) is 6.07. The highest BCUT2D eigenvalue weighted by Crippen LogP contribution is 2.47. The van der Waals surface area contributed by atoms with Crippen molar-refractivity contribution in [2.75, 3.05) is 67.8 Å². The van der Waals surface area contributed by atoms with Crippen molar-refractivity contribution in [3.63, 3.8) is 0 Å². The average Bonchev–Trinajstić information content (AvgIpc) is 3.70. The highest BCUT2D eigenvalue weighted by molar-refractivity contribution is 5.79. The number of methoxy groups -OCH3 is 1. The summed E-state index contributed by atoms with van der Waals surface area (Å²) in [5.41, 5.74) is 0.794. The lowest BCUT2D eigenvalue weighted by atomic mass is 9.83. The van der Waals surface area contributed by atoms with Crippen LogP contribution in [0.4, 0.5) is 0 Å². The summed E-state index contributed by atoms with van der Waals surface area (Å²) in [6.45, 7) is 5.26. The molecule has 3 heterocycles. The molecule has 42 heavy (non-hydrogen) atoms. The number of amides is 1. The van der Waals surface area contributed by atoms with E-state index in [1.807, 2.05) is 17.0 Å². The van der Waals surface area contributed by atoms with E-state index in [0.717, 1.165) is 42.3 Å². The normalized spacial score (nSPS) is 20.2. The maximum atomic E-state index is 13.8. The maximum absolute atomic E-state index is 13.8. The van der Waals surface area contributed by atoms with E-state index < -0.39 is 11.9 Å². The molecular weight excluding hydrogens is 540 g/mol. The molecule has 1 aromatic heterocycles. The quantitative estimate of drug-likeness (QED) is 0.232. The molecular formula is C31H47N4O7+. The standard InChI is InChI=1S/C31H46N4O7/c1-6-7-13-33(14-8-9-15-35(2,3)4)28(36)20-34-19-23(22-17-25(39-5)30-26(18-22)41-21-42-30)29(31(37)38)24(34)10-11-27-32-12-16-40-27/h12,16-18,23-24,29H,6-11,13-15,19-21H2,1-5H3/p+1. The van der Waals surface area contributed by atoms with Gasteiger partial charge in [-0.2, -0.15) is 0 Å². The van der Waals surface area contributed by atoms with Gasteiger partial charge in [0.2, 0.25) is 18.4 Å². The third-order valence-electron chi connectivity index (χ3n) is 8.26. The molecule has 1 amide bonds. The number of aryl methyl sites for hydroxylation is 1. The third-order valence-corrected chi connectivity index (χ3v) is 8.26. The minimum atomic E-state index is -0.896. The molecule has 0 aliphatic carbocycles. The van der Waals surface area contributed by atoms with Crippen LogP contribution in [-0.4, -0.2) is 110 Å². The second-order valence-corrected chi connectivity index (χ2v) is 12.3. The van der Waals surface area contributed by atoms with Crippen LogP contribution in [0, 0.1) is 5.92 Å². The van der Waals surface area contributed by atoms with Gasteiger partial charge in [0, 0.05) is 38.0 Å². The summed E-state index contributed by atoms with van der Waals surface area (Å²) in [5, 5.41) is 10.5. The summed E-state index contributed by atoms with van der Waals surface area (Å²) in [6.07, 6.45) is 8.01. The zero-order chi connectivity index (χ0) is 30.3. The number of likely N-dealkylation sites (tertiary alicyclic amines) is 1. The molecule has 0 saturated carbocycles. The SMILES string of the molecule is CCCCN(CCCC[N+](C)(C)C)C(=O)CN1CC(c2cc(OC)c3c(c2)OCO3)C(C(=O)O)C1CCc1ncco1. The third kappa shape index (κ3) is 7.95. The number of fused-ring (bicyclic) bond motifs is 1. The molecule has 1 aromatic carbocycles. The molecule has 3 unspecified atom stereocenters. The van der Waals surface area contributed by atoms with Crippen LogP contribution in [0.25, 0.3) is 0 Å². The van der Waals surface area contributed by atoms with Crippen LogP contribution in [0.5, 0.6) is 17.2 Å². The molecule has 232 valence electrons. The van der Waals surface area contributed by atoms with Crippen molar-refractivity contribution in [1.29, 1.82) is 0 Å². The molecule has 2 aliphatic heterocycles. The lowest BCUT2D eigenvalue weighted by Crippen LogP contribution is -2.45. The van der Waals surface area contributed by atoms with Crippen molar-refractivity contribution >= 4 is 11.9 Å². The molecule has 11 heteroatoms. The lowest BCUT2D eigenvalue weighted by molar-refractivity contribution is -0.870. The Bertz CT molecular complexity index is 1180. The monoisotopic (exact) mass is 587 g/mol. The van der Waals surface area contributed by atoms with Crippen molar-refractivity contribution in [2.45, 2.75) is 57.4 Å². The van der Waals surface area contributed by atoms with Crippen molar-refractivity contribution in [1.82, 2.24) is 14.8 Å². The lowest BCUT2D eigenvalue weighted by Gasteiger charge is -2.30. The smallest absolute Gasteiger partial charge is 0.308 e. The minimum absolute atomic E-state index is 0.0443. The molecule has 2 aliphatic rings. The zero-order valence-corrected chi connectivity index (χ0v) is 25.7. The highest BCUT2D eigenvalue weighted by atomic mass is 16.7. The number of carbonyl (C=O) groups is 2. The second kappa shape index (κ2) is 14.2. The molecule has 1 N–H and O–H groups in total. The molecule has 0 radical (unpaired) electrons. The number of carboxylic acid groups (broad SMARTS) is 1. The Balaban J connectivity index is 1.57. The molecule has 1 fully saturated rings. The molecule has 11 nitrogen and oxygen atoms in total. The Hall–Kier alpha value is -3.31. The van der Waals surface area contributed by atoms with Crippen LogP contribution in [0.1, 0.15) is 56.4 Å². The first kappa shape index (κ1) is 31.6. The number of aromatic nitrogens is 1. The Morgan fingerprint density at radius 2 is 1.95 bits per heavy atom. The fourth-order valence-electron chi connectivity index (χ4n) is 6.07. The predicted octanol–water partition coefficient (Wildman–Crippen LogP) is 3.63. The van der Waals surface area contributed by atoms with E-state index in [2.05, 4.69) is 38.0 Å². The van der Waals surface area contributed by atoms with Crippen molar-refractivity contribution in [2.24, 2.45) is 5.92 Å². The van der Waals surface area contributed by atoms with Gasteiger partial charge in [0.25, 0.3) is 0 Å². The molecule has 2 aromatic rings. The number of rotatable bonds is 16.